The number of ether oxygens (including phenoxy) is 1. The Labute approximate surface area is 138 Å². The van der Waals surface area contributed by atoms with Crippen molar-refractivity contribution in [3.05, 3.63) is 29.0 Å². The van der Waals surface area contributed by atoms with Gasteiger partial charge in [0.25, 0.3) is 5.91 Å². The molecule has 4 rings (SSSR count). The summed E-state index contributed by atoms with van der Waals surface area (Å²) in [6.07, 6.45) is 0.114. The van der Waals surface area contributed by atoms with Crippen molar-refractivity contribution in [2.24, 2.45) is 0 Å². The lowest BCUT2D eigenvalue weighted by molar-refractivity contribution is -0.0368. The Hall–Kier alpha value is -1.70. The van der Waals surface area contributed by atoms with Crippen LogP contribution in [0.2, 0.25) is 0 Å². The average molecular weight is 333 g/mol. The van der Waals surface area contributed by atoms with Gasteiger partial charge in [0.2, 0.25) is 0 Å². The molecule has 1 amide bonds. The third kappa shape index (κ3) is 2.69. The van der Waals surface area contributed by atoms with Crippen LogP contribution in [-0.4, -0.2) is 66.1 Å². The highest BCUT2D eigenvalue weighted by Crippen LogP contribution is 2.28. The van der Waals surface area contributed by atoms with Crippen LogP contribution >= 0.6 is 11.3 Å². The number of nitrogens with zero attached hydrogens (tertiary/aromatic N) is 3. The van der Waals surface area contributed by atoms with E-state index in [1.807, 2.05) is 29.3 Å². The van der Waals surface area contributed by atoms with Gasteiger partial charge in [-0.3, -0.25) is 9.69 Å². The molecule has 0 aromatic carbocycles. The summed E-state index contributed by atoms with van der Waals surface area (Å²) >= 11 is 1.44. The number of aromatic nitrogens is 1. The second-order valence-electron chi connectivity index (χ2n) is 6.12. The van der Waals surface area contributed by atoms with Crippen molar-refractivity contribution in [3.8, 4) is 10.8 Å². The number of thiazole rings is 1. The van der Waals surface area contributed by atoms with Crippen molar-refractivity contribution in [3.63, 3.8) is 0 Å². The Morgan fingerprint density at radius 2 is 2.26 bits per heavy atom. The summed E-state index contributed by atoms with van der Waals surface area (Å²) in [5.74, 6) is 1.53. The number of furan rings is 1. The van der Waals surface area contributed by atoms with Crippen molar-refractivity contribution >= 4 is 17.2 Å². The number of likely N-dealkylation sites (N-methyl/N-ethyl adjacent to an activating group) is 1. The number of hydrogen-bond acceptors (Lipinski definition) is 6. The molecule has 0 radical (unpaired) electrons. The first-order valence-electron chi connectivity index (χ1n) is 7.75. The number of carbonyl (C=O) groups excluding carboxylic acids is 1. The molecular weight excluding hydrogens is 314 g/mol. The lowest BCUT2D eigenvalue weighted by Gasteiger charge is -2.33. The van der Waals surface area contributed by atoms with Crippen LogP contribution in [0.3, 0.4) is 0 Å². The van der Waals surface area contributed by atoms with Crippen molar-refractivity contribution in [2.75, 3.05) is 33.3 Å². The molecule has 2 saturated heterocycles. The minimum atomic E-state index is -0.0258. The number of amides is 1. The number of rotatable bonds is 2. The van der Waals surface area contributed by atoms with Crippen LogP contribution in [0, 0.1) is 6.92 Å². The van der Waals surface area contributed by atoms with E-state index in [1.165, 1.54) is 11.3 Å². The summed E-state index contributed by atoms with van der Waals surface area (Å²) in [5, 5.41) is 2.55. The van der Waals surface area contributed by atoms with E-state index in [-0.39, 0.29) is 12.0 Å². The molecule has 2 aromatic heterocycles. The maximum Gasteiger partial charge on any atom is 0.273 e. The zero-order valence-corrected chi connectivity index (χ0v) is 14.0. The Morgan fingerprint density at radius 1 is 1.39 bits per heavy atom. The Kier molecular flexibility index (Phi) is 3.71. The van der Waals surface area contributed by atoms with Crippen LogP contribution < -0.4 is 0 Å². The topological polar surface area (TPSA) is 58.8 Å². The number of likely N-dealkylation sites (tertiary alicyclic amines) is 1. The van der Waals surface area contributed by atoms with E-state index in [0.717, 1.165) is 23.9 Å². The smallest absolute Gasteiger partial charge is 0.273 e. The van der Waals surface area contributed by atoms with Crippen LogP contribution in [0.15, 0.2) is 21.9 Å². The molecule has 0 spiro atoms. The lowest BCUT2D eigenvalue weighted by atomic mass is 10.1. The predicted molar refractivity (Wildman–Crippen MR) is 86.6 cm³/mol. The Bertz CT molecular complexity index is 726. The molecule has 2 atom stereocenters. The molecule has 122 valence electrons. The van der Waals surface area contributed by atoms with Gasteiger partial charge in [0.05, 0.1) is 18.8 Å². The monoisotopic (exact) mass is 333 g/mol. The SMILES string of the molecule is Cc1ccc(-c2nc(C(=O)N3C[C@H]4OCCN(C)[C@H]4C3)cs2)o1. The largest absolute Gasteiger partial charge is 0.459 e. The van der Waals surface area contributed by atoms with E-state index in [9.17, 15) is 4.79 Å². The van der Waals surface area contributed by atoms with Crippen LogP contribution in [-0.2, 0) is 4.74 Å². The highest BCUT2D eigenvalue weighted by atomic mass is 32.1. The first-order chi connectivity index (χ1) is 11.1. The van der Waals surface area contributed by atoms with Gasteiger partial charge in [-0.2, -0.15) is 0 Å². The number of carbonyl (C=O) groups is 1. The van der Waals surface area contributed by atoms with Crippen LogP contribution in [0.1, 0.15) is 16.2 Å². The van der Waals surface area contributed by atoms with E-state index in [1.54, 1.807) is 0 Å². The van der Waals surface area contributed by atoms with Gasteiger partial charge < -0.3 is 14.1 Å². The fraction of sp³-hybridized carbons (Fsp3) is 0.500. The van der Waals surface area contributed by atoms with E-state index in [2.05, 4.69) is 16.9 Å². The summed E-state index contributed by atoms with van der Waals surface area (Å²) in [6, 6.07) is 4.07. The van der Waals surface area contributed by atoms with Crippen LogP contribution in [0.5, 0.6) is 0 Å². The van der Waals surface area contributed by atoms with Gasteiger partial charge in [0, 0.05) is 25.0 Å². The second kappa shape index (κ2) is 5.74. The van der Waals surface area contributed by atoms with Crippen LogP contribution in [0.4, 0.5) is 0 Å². The Morgan fingerprint density at radius 3 is 3.00 bits per heavy atom. The first-order valence-corrected chi connectivity index (χ1v) is 8.63. The standard InChI is InChI=1S/C16H19N3O3S/c1-10-3-4-13(22-10)15-17-11(9-23-15)16(20)19-7-12-14(8-19)21-6-5-18(12)2/h3-4,9,12,14H,5-8H2,1-2H3/t12-,14+/m0/s1. The van der Waals surface area contributed by atoms with Crippen molar-refractivity contribution in [1.82, 2.24) is 14.8 Å². The van der Waals surface area contributed by atoms with Crippen molar-refractivity contribution in [2.45, 2.75) is 19.1 Å². The molecule has 2 aromatic rings. The van der Waals surface area contributed by atoms with Crippen LogP contribution in [0.25, 0.3) is 10.8 Å². The van der Waals surface area contributed by atoms with Gasteiger partial charge in [0.15, 0.2) is 10.8 Å². The van der Waals surface area contributed by atoms with Gasteiger partial charge in [-0.25, -0.2) is 4.98 Å². The molecule has 0 unspecified atom stereocenters. The van der Waals surface area contributed by atoms with Gasteiger partial charge in [-0.1, -0.05) is 0 Å². The summed E-state index contributed by atoms with van der Waals surface area (Å²) < 4.78 is 11.4. The summed E-state index contributed by atoms with van der Waals surface area (Å²) in [6.45, 7) is 4.89. The maximum atomic E-state index is 12.7. The average Bonchev–Trinajstić information content (AvgIpc) is 3.25. The molecular formula is C16H19N3O3S. The summed E-state index contributed by atoms with van der Waals surface area (Å²) in [5.41, 5.74) is 0.486. The zero-order chi connectivity index (χ0) is 16.0. The Balaban J connectivity index is 1.50. The zero-order valence-electron chi connectivity index (χ0n) is 13.2. The lowest BCUT2D eigenvalue weighted by Crippen LogP contribution is -2.48. The normalized spacial score (nSPS) is 24.9. The van der Waals surface area contributed by atoms with E-state index in [4.69, 9.17) is 9.15 Å². The minimum Gasteiger partial charge on any atom is -0.459 e. The number of aryl methyl sites for hydroxylation is 1. The highest BCUT2D eigenvalue weighted by molar-refractivity contribution is 7.13. The second-order valence-corrected chi connectivity index (χ2v) is 6.97. The van der Waals surface area contributed by atoms with Gasteiger partial charge in [-0.05, 0) is 26.1 Å². The molecule has 7 heteroatoms. The molecule has 2 aliphatic rings. The molecule has 0 saturated carbocycles. The molecule has 0 N–H and O–H groups in total. The fourth-order valence-electron chi connectivity index (χ4n) is 3.22. The van der Waals surface area contributed by atoms with Gasteiger partial charge >= 0.3 is 0 Å². The van der Waals surface area contributed by atoms with Gasteiger partial charge in [0.1, 0.15) is 11.5 Å². The third-order valence-electron chi connectivity index (χ3n) is 4.54. The molecule has 2 fully saturated rings. The first kappa shape index (κ1) is 14.9. The number of morpholine rings is 1. The third-order valence-corrected chi connectivity index (χ3v) is 5.40. The number of fused-ring (bicyclic) bond motifs is 1. The van der Waals surface area contributed by atoms with E-state index >= 15 is 0 Å². The van der Waals surface area contributed by atoms with Crippen molar-refractivity contribution in [1.29, 1.82) is 0 Å². The molecule has 0 bridgehead atoms. The van der Waals surface area contributed by atoms with E-state index < -0.39 is 0 Å². The highest BCUT2D eigenvalue weighted by Gasteiger charge is 2.41. The number of hydrogen-bond donors (Lipinski definition) is 0. The minimum absolute atomic E-state index is 0.0258. The van der Waals surface area contributed by atoms with E-state index in [0.29, 0.717) is 30.6 Å². The van der Waals surface area contributed by atoms with Crippen molar-refractivity contribution < 1.29 is 13.9 Å². The predicted octanol–water partition coefficient (Wildman–Crippen LogP) is 1.87. The fourth-order valence-corrected chi connectivity index (χ4v) is 3.97. The molecule has 0 aliphatic carbocycles. The summed E-state index contributed by atoms with van der Waals surface area (Å²) in [7, 11) is 2.09. The maximum absolute atomic E-state index is 12.7. The molecule has 2 aliphatic heterocycles. The van der Waals surface area contributed by atoms with Gasteiger partial charge in [-0.15, -0.1) is 11.3 Å². The molecule has 6 nitrogen and oxygen atoms in total. The summed E-state index contributed by atoms with van der Waals surface area (Å²) in [4.78, 5) is 21.3. The molecule has 4 heterocycles. The quantitative estimate of drug-likeness (QED) is 0.840. The molecule has 23 heavy (non-hydrogen) atoms.